The molecular formula is C12H10N2O. The van der Waals surface area contributed by atoms with Crippen molar-refractivity contribution in [3.8, 4) is 0 Å². The highest BCUT2D eigenvalue weighted by atomic mass is 16.1. The molecule has 2 aromatic rings. The Balaban J connectivity index is 2.28. The van der Waals surface area contributed by atoms with Crippen molar-refractivity contribution in [2.24, 2.45) is 0 Å². The van der Waals surface area contributed by atoms with Crippen LogP contribution in [0.15, 0.2) is 42.9 Å². The smallest absolute Gasteiger partial charge is 0.151 e. The molecule has 0 amide bonds. The van der Waals surface area contributed by atoms with Gasteiger partial charge in [0.05, 0.1) is 5.69 Å². The van der Waals surface area contributed by atoms with Crippen molar-refractivity contribution in [3.05, 3.63) is 59.7 Å². The van der Waals surface area contributed by atoms with Gasteiger partial charge in [0.15, 0.2) is 6.29 Å². The molecule has 0 spiro atoms. The van der Waals surface area contributed by atoms with Crippen molar-refractivity contribution >= 4 is 6.29 Å². The maximum atomic E-state index is 10.8. The lowest BCUT2D eigenvalue weighted by Gasteiger charge is -2.02. The van der Waals surface area contributed by atoms with Crippen molar-refractivity contribution in [2.45, 2.75) is 6.42 Å². The number of nitrogens with zero attached hydrogens (tertiary/aromatic N) is 2. The van der Waals surface area contributed by atoms with Gasteiger partial charge in [0.2, 0.25) is 0 Å². The quantitative estimate of drug-likeness (QED) is 0.707. The molecule has 0 fully saturated rings. The molecule has 0 unspecified atom stereocenters. The summed E-state index contributed by atoms with van der Waals surface area (Å²) in [6.45, 7) is 0. The van der Waals surface area contributed by atoms with Gasteiger partial charge in [-0.05, 0) is 23.8 Å². The van der Waals surface area contributed by atoms with Crippen LogP contribution >= 0.6 is 0 Å². The molecule has 2 rings (SSSR count). The van der Waals surface area contributed by atoms with E-state index in [0.717, 1.165) is 17.5 Å². The SMILES string of the molecule is O=Cc1cccnc1Cc1cccnc1. The molecule has 2 heterocycles. The van der Waals surface area contributed by atoms with Crippen molar-refractivity contribution in [1.29, 1.82) is 0 Å². The molecule has 3 heteroatoms. The Labute approximate surface area is 87.8 Å². The molecule has 0 radical (unpaired) electrons. The van der Waals surface area contributed by atoms with Gasteiger partial charge in [0, 0.05) is 30.6 Å². The summed E-state index contributed by atoms with van der Waals surface area (Å²) in [6, 6.07) is 7.37. The van der Waals surface area contributed by atoms with Gasteiger partial charge in [-0.3, -0.25) is 14.8 Å². The first kappa shape index (κ1) is 9.52. The zero-order valence-corrected chi connectivity index (χ0v) is 8.13. The Bertz CT molecular complexity index is 454. The molecular weight excluding hydrogens is 188 g/mol. The maximum Gasteiger partial charge on any atom is 0.151 e. The highest BCUT2D eigenvalue weighted by Crippen LogP contribution is 2.08. The highest BCUT2D eigenvalue weighted by Gasteiger charge is 2.02. The molecule has 3 nitrogen and oxygen atoms in total. The molecule has 0 saturated heterocycles. The Morgan fingerprint density at radius 2 is 2.07 bits per heavy atom. The number of carbonyl (C=O) groups is 1. The van der Waals surface area contributed by atoms with Crippen LogP contribution < -0.4 is 0 Å². The molecule has 0 aliphatic rings. The van der Waals surface area contributed by atoms with Gasteiger partial charge >= 0.3 is 0 Å². The molecule has 0 atom stereocenters. The summed E-state index contributed by atoms with van der Waals surface area (Å²) >= 11 is 0. The third kappa shape index (κ3) is 2.26. The summed E-state index contributed by atoms with van der Waals surface area (Å²) in [4.78, 5) is 19.0. The zero-order chi connectivity index (χ0) is 10.5. The third-order valence-corrected chi connectivity index (χ3v) is 2.15. The fourth-order valence-electron chi connectivity index (χ4n) is 1.40. The van der Waals surface area contributed by atoms with E-state index in [1.54, 1.807) is 30.7 Å². The Morgan fingerprint density at radius 3 is 2.80 bits per heavy atom. The topological polar surface area (TPSA) is 42.9 Å². The molecule has 0 aliphatic heterocycles. The van der Waals surface area contributed by atoms with Crippen LogP contribution in [0.2, 0.25) is 0 Å². The van der Waals surface area contributed by atoms with Crippen LogP contribution in [0.5, 0.6) is 0 Å². The van der Waals surface area contributed by atoms with E-state index >= 15 is 0 Å². The number of carbonyl (C=O) groups excluding carboxylic acids is 1. The average Bonchev–Trinajstić information content (AvgIpc) is 2.31. The lowest BCUT2D eigenvalue weighted by atomic mass is 10.1. The van der Waals surface area contributed by atoms with Gasteiger partial charge in [-0.2, -0.15) is 0 Å². The summed E-state index contributed by atoms with van der Waals surface area (Å²) in [7, 11) is 0. The van der Waals surface area contributed by atoms with Gasteiger partial charge in [-0.15, -0.1) is 0 Å². The summed E-state index contributed by atoms with van der Waals surface area (Å²) in [5, 5.41) is 0. The molecule has 15 heavy (non-hydrogen) atoms. The van der Waals surface area contributed by atoms with E-state index in [1.807, 2.05) is 12.1 Å². The zero-order valence-electron chi connectivity index (χ0n) is 8.13. The van der Waals surface area contributed by atoms with Crippen molar-refractivity contribution in [2.75, 3.05) is 0 Å². The van der Waals surface area contributed by atoms with Crippen LogP contribution in [0, 0.1) is 0 Å². The fraction of sp³-hybridized carbons (Fsp3) is 0.0833. The predicted molar refractivity (Wildman–Crippen MR) is 56.7 cm³/mol. The lowest BCUT2D eigenvalue weighted by Crippen LogP contribution is -1.97. The average molecular weight is 198 g/mol. The number of hydrogen-bond donors (Lipinski definition) is 0. The number of hydrogen-bond acceptors (Lipinski definition) is 3. The van der Waals surface area contributed by atoms with Gasteiger partial charge < -0.3 is 0 Å². The van der Waals surface area contributed by atoms with E-state index in [2.05, 4.69) is 9.97 Å². The number of aldehydes is 1. The molecule has 0 aliphatic carbocycles. The first-order chi connectivity index (χ1) is 7.40. The van der Waals surface area contributed by atoms with Gasteiger partial charge in [-0.1, -0.05) is 6.07 Å². The minimum absolute atomic E-state index is 0.640. The lowest BCUT2D eigenvalue weighted by molar-refractivity contribution is 0.112. The molecule has 0 aromatic carbocycles. The van der Waals surface area contributed by atoms with E-state index in [-0.39, 0.29) is 0 Å². The second-order valence-corrected chi connectivity index (χ2v) is 3.20. The van der Waals surface area contributed by atoms with Crippen LogP contribution in [0.3, 0.4) is 0 Å². The molecule has 74 valence electrons. The number of rotatable bonds is 3. The summed E-state index contributed by atoms with van der Waals surface area (Å²) in [6.07, 6.45) is 6.67. The van der Waals surface area contributed by atoms with Gasteiger partial charge in [0.1, 0.15) is 0 Å². The summed E-state index contributed by atoms with van der Waals surface area (Å²) in [5.41, 5.74) is 2.49. The van der Waals surface area contributed by atoms with E-state index < -0.39 is 0 Å². The largest absolute Gasteiger partial charge is 0.298 e. The number of pyridine rings is 2. The normalized spacial score (nSPS) is 9.87. The minimum Gasteiger partial charge on any atom is -0.298 e. The Morgan fingerprint density at radius 1 is 1.20 bits per heavy atom. The van der Waals surface area contributed by atoms with Crippen LogP contribution in [0.4, 0.5) is 0 Å². The van der Waals surface area contributed by atoms with Crippen molar-refractivity contribution in [1.82, 2.24) is 9.97 Å². The maximum absolute atomic E-state index is 10.8. The van der Waals surface area contributed by atoms with Gasteiger partial charge in [0.25, 0.3) is 0 Å². The van der Waals surface area contributed by atoms with E-state index in [9.17, 15) is 4.79 Å². The van der Waals surface area contributed by atoms with Crippen LogP contribution in [0.1, 0.15) is 21.6 Å². The third-order valence-electron chi connectivity index (χ3n) is 2.15. The van der Waals surface area contributed by atoms with E-state index in [4.69, 9.17) is 0 Å². The monoisotopic (exact) mass is 198 g/mol. The standard InChI is InChI=1S/C12H10N2O/c15-9-11-4-2-6-14-12(11)7-10-3-1-5-13-8-10/h1-6,8-9H,7H2. The van der Waals surface area contributed by atoms with Crippen molar-refractivity contribution in [3.63, 3.8) is 0 Å². The van der Waals surface area contributed by atoms with Crippen LogP contribution in [-0.2, 0) is 6.42 Å². The summed E-state index contributed by atoms with van der Waals surface area (Å²) < 4.78 is 0. The minimum atomic E-state index is 0.640. The second kappa shape index (κ2) is 4.46. The summed E-state index contributed by atoms with van der Waals surface area (Å²) in [5.74, 6) is 0. The molecule has 0 N–H and O–H groups in total. The van der Waals surface area contributed by atoms with Crippen LogP contribution in [0.25, 0.3) is 0 Å². The molecule has 0 saturated carbocycles. The Kier molecular flexibility index (Phi) is 2.83. The predicted octanol–water partition coefficient (Wildman–Crippen LogP) is 1.88. The van der Waals surface area contributed by atoms with Gasteiger partial charge in [-0.25, -0.2) is 0 Å². The first-order valence-corrected chi connectivity index (χ1v) is 4.68. The number of aromatic nitrogens is 2. The molecule has 0 bridgehead atoms. The Hall–Kier alpha value is -2.03. The first-order valence-electron chi connectivity index (χ1n) is 4.68. The second-order valence-electron chi connectivity index (χ2n) is 3.20. The fourth-order valence-corrected chi connectivity index (χ4v) is 1.40. The van der Waals surface area contributed by atoms with Crippen molar-refractivity contribution < 1.29 is 4.79 Å². The van der Waals surface area contributed by atoms with Crippen LogP contribution in [-0.4, -0.2) is 16.3 Å². The van der Waals surface area contributed by atoms with E-state index in [1.165, 1.54) is 0 Å². The molecule has 2 aromatic heterocycles. The highest BCUT2D eigenvalue weighted by molar-refractivity contribution is 5.76. The van der Waals surface area contributed by atoms with E-state index in [0.29, 0.717) is 12.0 Å².